The molecule has 0 nitrogen and oxygen atoms in total. The monoisotopic (exact) mass is 136 g/mol. The molecule has 0 aliphatic heterocycles. The molecule has 0 fully saturated rings. The van der Waals surface area contributed by atoms with Crippen LogP contribution < -0.4 is 0 Å². The van der Waals surface area contributed by atoms with Crippen molar-refractivity contribution < 1.29 is 25.8 Å². The van der Waals surface area contributed by atoms with Crippen LogP contribution in [0.5, 0.6) is 0 Å². The molecule has 1 rings (SSSR count). The minimum absolute atomic E-state index is 0. The van der Waals surface area contributed by atoms with Gasteiger partial charge in [-0.15, -0.1) is 0 Å². The van der Waals surface area contributed by atoms with E-state index in [4.69, 9.17) is 0 Å². The zero-order chi connectivity index (χ0) is 5.11. The maximum atomic E-state index is 2.93. The summed E-state index contributed by atoms with van der Waals surface area (Å²) in [6.07, 6.45) is 0. The first-order chi connectivity index (χ1) is 3.39. The molecule has 0 saturated carbocycles. The third-order valence-electron chi connectivity index (χ3n) is 0.885. The predicted molar refractivity (Wildman–Crippen MR) is 30.0 cm³/mol. The van der Waals surface area contributed by atoms with Gasteiger partial charge in [-0.3, -0.25) is 0 Å². The molecule has 1 heteroatoms. The molecule has 0 aliphatic carbocycles. The third kappa shape index (κ3) is 2.41. The Morgan fingerprint density at radius 1 is 1.25 bits per heavy atom. The molecule has 0 amide bonds. The van der Waals surface area contributed by atoms with Crippen LogP contribution in [0.3, 0.4) is 0 Å². The van der Waals surface area contributed by atoms with Gasteiger partial charge in [0.25, 0.3) is 0 Å². The Hall–Kier alpha value is 0.0901. The first-order valence-corrected chi connectivity index (χ1v) is 2.32. The Morgan fingerprint density at radius 3 is 2.00 bits per heavy atom. The Bertz CT molecular complexity index is 134. The molecule has 0 heterocycles. The number of rotatable bonds is 0. The fourth-order valence-electron chi connectivity index (χ4n) is 0.470. The fourth-order valence-corrected chi connectivity index (χ4v) is 0.470. The van der Waals surface area contributed by atoms with Crippen molar-refractivity contribution in [2.45, 2.75) is 6.92 Å². The molecule has 1 aromatic rings. The first kappa shape index (κ1) is 8.09. The summed E-state index contributed by atoms with van der Waals surface area (Å²) in [5.41, 5.74) is 1.29. The summed E-state index contributed by atoms with van der Waals surface area (Å²) in [6.45, 7) is 2.06. The van der Waals surface area contributed by atoms with Gasteiger partial charge in [-0.05, 0) is 0 Å². The molecule has 39 valence electrons. The molecule has 0 aliphatic rings. The molecule has 0 saturated heterocycles. The van der Waals surface area contributed by atoms with Crippen molar-refractivity contribution in [3.63, 3.8) is 0 Å². The Labute approximate surface area is 68.7 Å². The maximum Gasteiger partial charge on any atom is 0 e. The van der Waals surface area contributed by atoms with E-state index in [-0.39, 0.29) is 25.8 Å². The van der Waals surface area contributed by atoms with Crippen molar-refractivity contribution in [1.29, 1.82) is 0 Å². The minimum Gasteiger partial charge on any atom is -0.184 e. The molecule has 1 aromatic carbocycles. The van der Waals surface area contributed by atoms with Crippen LogP contribution >= 0.6 is 0 Å². The van der Waals surface area contributed by atoms with Crippen LogP contribution in [0.15, 0.2) is 24.3 Å². The van der Waals surface area contributed by atoms with Crippen molar-refractivity contribution in [2.24, 2.45) is 0 Å². The number of hydrogen-bond acceptors (Lipinski definition) is 0. The van der Waals surface area contributed by atoms with Gasteiger partial charge in [-0.1, -0.05) is 6.92 Å². The molecule has 1 radical (unpaired) electrons. The molecular formula is C7H7Sc-. The zero-order valence-corrected chi connectivity index (χ0v) is 6.69. The number of aryl methyl sites for hydroxylation is 1. The van der Waals surface area contributed by atoms with Gasteiger partial charge in [0.2, 0.25) is 0 Å². The van der Waals surface area contributed by atoms with E-state index in [9.17, 15) is 0 Å². The second-order valence-corrected chi connectivity index (χ2v) is 1.58. The Kier molecular flexibility index (Phi) is 4.06. The van der Waals surface area contributed by atoms with Gasteiger partial charge < -0.3 is 0 Å². The van der Waals surface area contributed by atoms with Crippen LogP contribution in [0.4, 0.5) is 0 Å². The van der Waals surface area contributed by atoms with Gasteiger partial charge in [-0.25, -0.2) is 0 Å². The smallest absolute Gasteiger partial charge is 0 e. The quantitative estimate of drug-likeness (QED) is 0.477. The van der Waals surface area contributed by atoms with Crippen molar-refractivity contribution in [3.8, 4) is 0 Å². The molecule has 0 bridgehead atoms. The van der Waals surface area contributed by atoms with Crippen LogP contribution in [-0.4, -0.2) is 0 Å². The van der Waals surface area contributed by atoms with E-state index in [1.54, 1.807) is 0 Å². The molecule has 0 spiro atoms. The van der Waals surface area contributed by atoms with Crippen molar-refractivity contribution in [2.75, 3.05) is 0 Å². The average Bonchev–Trinajstić information content (AvgIpc) is 1.69. The molecule has 0 unspecified atom stereocenters. The second kappa shape index (κ2) is 4.02. The summed E-state index contributed by atoms with van der Waals surface area (Å²) < 4.78 is 0. The summed E-state index contributed by atoms with van der Waals surface area (Å²) in [5, 5.41) is 0. The van der Waals surface area contributed by atoms with E-state index in [2.05, 4.69) is 13.0 Å². The van der Waals surface area contributed by atoms with E-state index >= 15 is 0 Å². The van der Waals surface area contributed by atoms with Gasteiger partial charge >= 0.3 is 0 Å². The Morgan fingerprint density at radius 2 is 1.75 bits per heavy atom. The average molecular weight is 136 g/mol. The SMILES string of the molecule is Cc1cc[c-]cc1.[Sc]. The number of hydrogen-bond donors (Lipinski definition) is 0. The van der Waals surface area contributed by atoms with E-state index in [1.807, 2.05) is 24.3 Å². The molecular weight excluding hydrogens is 129 g/mol. The predicted octanol–water partition coefficient (Wildman–Crippen LogP) is 1.79. The minimum atomic E-state index is 0. The normalized spacial score (nSPS) is 7.62. The molecule has 8 heavy (non-hydrogen) atoms. The second-order valence-electron chi connectivity index (χ2n) is 1.58. The van der Waals surface area contributed by atoms with Crippen molar-refractivity contribution >= 4 is 0 Å². The van der Waals surface area contributed by atoms with Gasteiger partial charge in [0.05, 0.1) is 0 Å². The Balaban J connectivity index is 0.000000490. The van der Waals surface area contributed by atoms with E-state index in [0.717, 1.165) is 0 Å². The molecule has 0 atom stereocenters. The van der Waals surface area contributed by atoms with Crippen molar-refractivity contribution in [1.82, 2.24) is 0 Å². The van der Waals surface area contributed by atoms with Gasteiger partial charge in [-0.2, -0.15) is 35.9 Å². The summed E-state index contributed by atoms with van der Waals surface area (Å²) in [4.78, 5) is 0. The summed E-state index contributed by atoms with van der Waals surface area (Å²) >= 11 is 0. The van der Waals surface area contributed by atoms with Crippen LogP contribution in [0.2, 0.25) is 0 Å². The standard InChI is InChI=1S/C7H7.Sc/c1-7-5-3-2-4-6-7;/h3-6H,1H3;/q-1;. The summed E-state index contributed by atoms with van der Waals surface area (Å²) in [7, 11) is 0. The van der Waals surface area contributed by atoms with Crippen LogP contribution in [-0.2, 0) is 25.8 Å². The fraction of sp³-hybridized carbons (Fsp3) is 0.143. The van der Waals surface area contributed by atoms with Gasteiger partial charge in [0, 0.05) is 25.8 Å². The largest absolute Gasteiger partial charge is 0.184 e. The molecule has 0 aromatic heterocycles. The van der Waals surface area contributed by atoms with Crippen LogP contribution in [0, 0.1) is 13.0 Å². The molecule has 0 N–H and O–H groups in total. The maximum absolute atomic E-state index is 2.93. The van der Waals surface area contributed by atoms with E-state index in [1.165, 1.54) is 5.56 Å². The summed E-state index contributed by atoms with van der Waals surface area (Å²) in [5.74, 6) is 0. The van der Waals surface area contributed by atoms with E-state index < -0.39 is 0 Å². The first-order valence-electron chi connectivity index (χ1n) is 2.32. The van der Waals surface area contributed by atoms with Gasteiger partial charge in [0.1, 0.15) is 0 Å². The number of benzene rings is 1. The van der Waals surface area contributed by atoms with Gasteiger partial charge in [0.15, 0.2) is 0 Å². The topological polar surface area (TPSA) is 0 Å². The third-order valence-corrected chi connectivity index (χ3v) is 0.885. The van der Waals surface area contributed by atoms with E-state index in [0.29, 0.717) is 0 Å². The van der Waals surface area contributed by atoms with Crippen LogP contribution in [0.25, 0.3) is 0 Å². The van der Waals surface area contributed by atoms with Crippen LogP contribution in [0.1, 0.15) is 5.56 Å². The van der Waals surface area contributed by atoms with Crippen molar-refractivity contribution in [3.05, 3.63) is 35.9 Å². The summed E-state index contributed by atoms with van der Waals surface area (Å²) in [6, 6.07) is 10.8. The zero-order valence-electron chi connectivity index (χ0n) is 4.89.